The number of rotatable bonds is 6. The lowest BCUT2D eigenvalue weighted by Gasteiger charge is -2.31. The zero-order valence-corrected chi connectivity index (χ0v) is 17.1. The molecule has 2 aliphatic rings. The molecule has 1 aromatic heterocycles. The monoisotopic (exact) mass is 401 g/mol. The number of methoxy groups -OCH3 is 1. The van der Waals surface area contributed by atoms with Crippen molar-refractivity contribution in [3.05, 3.63) is 40.9 Å². The summed E-state index contributed by atoms with van der Waals surface area (Å²) in [5, 5.41) is 1.08. The Hall–Kier alpha value is -1.96. The van der Waals surface area contributed by atoms with E-state index in [1.165, 1.54) is 4.88 Å². The Morgan fingerprint density at radius 1 is 1.29 bits per heavy atom. The van der Waals surface area contributed by atoms with Crippen molar-refractivity contribution in [3.63, 3.8) is 0 Å². The Bertz CT molecular complexity index is 804. The number of carbonyl (C=O) groups excluding carboxylic acids is 1. The van der Waals surface area contributed by atoms with E-state index in [1.54, 1.807) is 18.4 Å². The number of piperidine rings is 1. The Balaban J connectivity index is 1.39. The summed E-state index contributed by atoms with van der Waals surface area (Å²) in [5.74, 6) is 0.888. The number of hydrogen-bond acceptors (Lipinski definition) is 7. The number of para-hydroxylation sites is 1. The van der Waals surface area contributed by atoms with Crippen molar-refractivity contribution in [3.8, 4) is 5.75 Å². The molecule has 7 heteroatoms. The van der Waals surface area contributed by atoms with Crippen LogP contribution in [0.4, 0.5) is 5.13 Å². The van der Waals surface area contributed by atoms with Crippen LogP contribution in [-0.4, -0.2) is 62.2 Å². The van der Waals surface area contributed by atoms with Gasteiger partial charge in [-0.1, -0.05) is 12.1 Å². The van der Waals surface area contributed by atoms with Gasteiger partial charge in [0.2, 0.25) is 0 Å². The molecule has 6 nitrogen and oxygen atoms in total. The summed E-state index contributed by atoms with van der Waals surface area (Å²) >= 11 is 1.76. The van der Waals surface area contributed by atoms with Gasteiger partial charge in [-0.2, -0.15) is 0 Å². The number of anilines is 1. The minimum atomic E-state index is 0.0247. The molecule has 0 bridgehead atoms. The van der Waals surface area contributed by atoms with E-state index in [-0.39, 0.29) is 11.7 Å². The fourth-order valence-electron chi connectivity index (χ4n) is 3.97. The lowest BCUT2D eigenvalue weighted by molar-refractivity contribution is 0.0809. The second-order valence-corrected chi connectivity index (χ2v) is 8.44. The smallest absolute Gasteiger partial charge is 0.185 e. The molecule has 0 amide bonds. The second-order valence-electron chi connectivity index (χ2n) is 7.35. The van der Waals surface area contributed by atoms with Crippen molar-refractivity contribution in [2.75, 3.05) is 51.4 Å². The molecule has 0 unspecified atom stereocenters. The molecule has 4 rings (SSSR count). The van der Waals surface area contributed by atoms with E-state index in [1.807, 2.05) is 30.5 Å². The highest BCUT2D eigenvalue weighted by Crippen LogP contribution is 2.29. The lowest BCUT2D eigenvalue weighted by atomic mass is 9.89. The van der Waals surface area contributed by atoms with Crippen LogP contribution in [0.1, 0.15) is 28.1 Å². The molecule has 3 heterocycles. The van der Waals surface area contributed by atoms with Gasteiger partial charge in [0.1, 0.15) is 5.75 Å². The van der Waals surface area contributed by atoms with Gasteiger partial charge in [-0.25, -0.2) is 4.98 Å². The Kier molecular flexibility index (Phi) is 6.24. The number of ketones is 1. The van der Waals surface area contributed by atoms with Gasteiger partial charge in [0.15, 0.2) is 10.9 Å². The Labute approximate surface area is 170 Å². The fourth-order valence-corrected chi connectivity index (χ4v) is 4.98. The number of ether oxygens (including phenoxy) is 2. The SMILES string of the molecule is COc1ccccc1C(=O)[C@@H]1CCCN(Cc2cnc(N3CCOCC3)s2)C1. The fraction of sp³-hybridized carbons (Fsp3) is 0.524. The molecule has 150 valence electrons. The molecule has 28 heavy (non-hydrogen) atoms. The first kappa shape index (κ1) is 19.4. The molecule has 0 aliphatic carbocycles. The highest BCUT2D eigenvalue weighted by atomic mass is 32.1. The number of thiazole rings is 1. The van der Waals surface area contributed by atoms with E-state index >= 15 is 0 Å². The summed E-state index contributed by atoms with van der Waals surface area (Å²) in [6.45, 7) is 6.04. The minimum Gasteiger partial charge on any atom is -0.496 e. The predicted molar refractivity (Wildman–Crippen MR) is 110 cm³/mol. The zero-order valence-electron chi connectivity index (χ0n) is 16.3. The molecule has 2 aromatic rings. The predicted octanol–water partition coefficient (Wildman–Crippen LogP) is 3.08. The van der Waals surface area contributed by atoms with E-state index in [0.29, 0.717) is 11.3 Å². The molecule has 2 fully saturated rings. The van der Waals surface area contributed by atoms with E-state index in [9.17, 15) is 4.79 Å². The van der Waals surface area contributed by atoms with E-state index in [2.05, 4.69) is 14.8 Å². The third-order valence-electron chi connectivity index (χ3n) is 5.45. The highest BCUT2D eigenvalue weighted by Gasteiger charge is 2.28. The van der Waals surface area contributed by atoms with Gasteiger partial charge in [-0.3, -0.25) is 9.69 Å². The average Bonchev–Trinajstić information content (AvgIpc) is 3.22. The Morgan fingerprint density at radius 2 is 2.11 bits per heavy atom. The third kappa shape index (κ3) is 4.37. The first-order valence-corrected chi connectivity index (χ1v) is 10.7. The van der Waals surface area contributed by atoms with Crippen molar-refractivity contribution < 1.29 is 14.3 Å². The molecular weight excluding hydrogens is 374 g/mol. The number of likely N-dealkylation sites (tertiary alicyclic amines) is 1. The van der Waals surface area contributed by atoms with Crippen LogP contribution in [0.15, 0.2) is 30.5 Å². The molecule has 0 spiro atoms. The number of carbonyl (C=O) groups is 1. The number of benzene rings is 1. The molecule has 1 atom stereocenters. The first-order valence-electron chi connectivity index (χ1n) is 9.91. The summed E-state index contributed by atoms with van der Waals surface area (Å²) in [6, 6.07) is 7.54. The van der Waals surface area contributed by atoms with Crippen molar-refractivity contribution in [2.45, 2.75) is 19.4 Å². The molecule has 0 radical (unpaired) electrons. The second kappa shape index (κ2) is 9.03. The van der Waals surface area contributed by atoms with Crippen LogP contribution in [0.25, 0.3) is 0 Å². The van der Waals surface area contributed by atoms with E-state index < -0.39 is 0 Å². The summed E-state index contributed by atoms with van der Waals surface area (Å²) in [5.41, 5.74) is 0.698. The number of Topliss-reactive ketones (excluding diaryl/α,β-unsaturated/α-hetero) is 1. The minimum absolute atomic E-state index is 0.0247. The van der Waals surface area contributed by atoms with Gasteiger partial charge in [0.05, 0.1) is 25.9 Å². The molecular formula is C21H27N3O3S. The van der Waals surface area contributed by atoms with Crippen LogP contribution >= 0.6 is 11.3 Å². The maximum Gasteiger partial charge on any atom is 0.185 e. The summed E-state index contributed by atoms with van der Waals surface area (Å²) in [7, 11) is 1.62. The van der Waals surface area contributed by atoms with Crippen LogP contribution in [0, 0.1) is 5.92 Å². The third-order valence-corrected chi connectivity index (χ3v) is 6.49. The maximum atomic E-state index is 13.1. The largest absolute Gasteiger partial charge is 0.496 e. The van der Waals surface area contributed by atoms with Crippen molar-refractivity contribution in [2.24, 2.45) is 5.92 Å². The van der Waals surface area contributed by atoms with Crippen molar-refractivity contribution in [1.82, 2.24) is 9.88 Å². The molecule has 2 saturated heterocycles. The van der Waals surface area contributed by atoms with Crippen LogP contribution in [0.5, 0.6) is 5.75 Å². The van der Waals surface area contributed by atoms with Gasteiger partial charge in [-0.05, 0) is 31.5 Å². The Morgan fingerprint density at radius 3 is 2.93 bits per heavy atom. The van der Waals surface area contributed by atoms with Gasteiger partial charge < -0.3 is 14.4 Å². The number of hydrogen-bond donors (Lipinski definition) is 0. The quantitative estimate of drug-likeness (QED) is 0.694. The van der Waals surface area contributed by atoms with Gasteiger partial charge >= 0.3 is 0 Å². The van der Waals surface area contributed by atoms with Crippen molar-refractivity contribution in [1.29, 1.82) is 0 Å². The van der Waals surface area contributed by atoms with Crippen LogP contribution < -0.4 is 9.64 Å². The van der Waals surface area contributed by atoms with Gasteiger partial charge in [0.25, 0.3) is 0 Å². The topological polar surface area (TPSA) is 54.9 Å². The first-order chi connectivity index (χ1) is 13.7. The highest BCUT2D eigenvalue weighted by molar-refractivity contribution is 7.15. The van der Waals surface area contributed by atoms with Crippen LogP contribution in [-0.2, 0) is 11.3 Å². The zero-order chi connectivity index (χ0) is 19.3. The van der Waals surface area contributed by atoms with E-state index in [0.717, 1.165) is 63.9 Å². The van der Waals surface area contributed by atoms with Gasteiger partial charge in [-0.15, -0.1) is 11.3 Å². The summed E-state index contributed by atoms with van der Waals surface area (Å²) in [6.07, 6.45) is 3.97. The number of morpholine rings is 1. The molecule has 0 saturated carbocycles. The number of aromatic nitrogens is 1. The van der Waals surface area contributed by atoms with Crippen LogP contribution in [0.3, 0.4) is 0 Å². The van der Waals surface area contributed by atoms with E-state index in [4.69, 9.17) is 9.47 Å². The van der Waals surface area contributed by atoms with Crippen LogP contribution in [0.2, 0.25) is 0 Å². The molecule has 2 aliphatic heterocycles. The lowest BCUT2D eigenvalue weighted by Crippen LogP contribution is -2.38. The molecule has 0 N–H and O–H groups in total. The average molecular weight is 402 g/mol. The maximum absolute atomic E-state index is 13.1. The number of nitrogens with zero attached hydrogens (tertiary/aromatic N) is 3. The normalized spacial score (nSPS) is 20.9. The molecule has 1 aromatic carbocycles. The standard InChI is InChI=1S/C21H27N3O3S/c1-26-19-7-3-2-6-18(19)20(25)16-5-4-8-23(14-16)15-17-13-22-21(28-17)24-9-11-27-12-10-24/h2-3,6-7,13,16H,4-5,8-12,14-15H2,1H3/t16-/m1/s1. The van der Waals surface area contributed by atoms with Crippen molar-refractivity contribution >= 4 is 22.3 Å². The summed E-state index contributed by atoms with van der Waals surface area (Å²) < 4.78 is 10.8. The summed E-state index contributed by atoms with van der Waals surface area (Å²) in [4.78, 5) is 23.6. The van der Waals surface area contributed by atoms with Gasteiger partial charge in [0, 0.05) is 43.2 Å².